The van der Waals surface area contributed by atoms with Crippen LogP contribution in [0.2, 0.25) is 0 Å². The third kappa shape index (κ3) is 5.03. The van der Waals surface area contributed by atoms with Crippen molar-refractivity contribution in [2.75, 3.05) is 13.2 Å². The van der Waals surface area contributed by atoms with Gasteiger partial charge in [-0.2, -0.15) is 0 Å². The summed E-state index contributed by atoms with van der Waals surface area (Å²) in [7, 11) is 0. The van der Waals surface area contributed by atoms with Gasteiger partial charge in [-0.15, -0.1) is 0 Å². The molecule has 5 nitrogen and oxygen atoms in total. The van der Waals surface area contributed by atoms with Crippen molar-refractivity contribution in [3.8, 4) is 11.5 Å². The van der Waals surface area contributed by atoms with Gasteiger partial charge in [-0.1, -0.05) is 30.3 Å². The summed E-state index contributed by atoms with van der Waals surface area (Å²) in [5.41, 5.74) is 3.05. The van der Waals surface area contributed by atoms with Crippen molar-refractivity contribution >= 4 is 17.2 Å². The molecule has 0 aliphatic carbocycles. The second-order valence-corrected chi connectivity index (χ2v) is 7.86. The molecule has 1 aliphatic heterocycles. The summed E-state index contributed by atoms with van der Waals surface area (Å²) in [6.07, 6.45) is 3.55. The summed E-state index contributed by atoms with van der Waals surface area (Å²) < 4.78 is 11.5. The molecule has 0 bridgehead atoms. The van der Waals surface area contributed by atoms with Crippen molar-refractivity contribution in [2.45, 2.75) is 39.7 Å². The predicted octanol–water partition coefficient (Wildman–Crippen LogP) is 4.92. The third-order valence-electron chi connectivity index (χ3n) is 4.80. The lowest BCUT2D eigenvalue weighted by molar-refractivity contribution is -0.110. The van der Waals surface area contributed by atoms with Gasteiger partial charge in [-0.3, -0.25) is 4.79 Å². The van der Waals surface area contributed by atoms with Crippen molar-refractivity contribution in [1.82, 2.24) is 5.32 Å². The number of aliphatic hydroxyl groups is 1. The van der Waals surface area contributed by atoms with Crippen LogP contribution in [0.25, 0.3) is 11.5 Å². The zero-order valence-electron chi connectivity index (χ0n) is 18.0. The van der Waals surface area contributed by atoms with E-state index in [0.717, 1.165) is 17.5 Å². The fraction of sp³-hybridized carbons (Fsp3) is 0.320. The molecule has 30 heavy (non-hydrogen) atoms. The van der Waals surface area contributed by atoms with Gasteiger partial charge in [0.1, 0.15) is 5.76 Å². The first-order valence-corrected chi connectivity index (χ1v) is 10.3. The summed E-state index contributed by atoms with van der Waals surface area (Å²) in [6.45, 7) is 9.10. The third-order valence-corrected chi connectivity index (χ3v) is 4.80. The number of hydrogen-bond acceptors (Lipinski definition) is 5. The minimum absolute atomic E-state index is 0.0607. The Bertz CT molecular complexity index is 974. The molecule has 0 saturated heterocycles. The van der Waals surface area contributed by atoms with Crippen LogP contribution in [0, 0.1) is 0 Å². The van der Waals surface area contributed by atoms with Crippen molar-refractivity contribution in [2.24, 2.45) is 0 Å². The minimum atomic E-state index is -0.297. The maximum absolute atomic E-state index is 12.7. The fourth-order valence-corrected chi connectivity index (χ4v) is 3.61. The minimum Gasteiger partial charge on any atom is -0.507 e. The Morgan fingerprint density at radius 3 is 2.37 bits per heavy atom. The number of hydrogen-bond donors (Lipinski definition) is 2. The molecular weight excluding hydrogens is 378 g/mol. The average molecular weight is 408 g/mol. The Kier molecular flexibility index (Phi) is 6.50. The topological polar surface area (TPSA) is 67.8 Å². The number of allylic oxidation sites excluding steroid dienone is 2. The molecule has 158 valence electrons. The molecule has 3 rings (SSSR count). The number of ether oxygens (including phenoxy) is 2. The van der Waals surface area contributed by atoms with E-state index in [1.165, 1.54) is 12.2 Å². The van der Waals surface area contributed by atoms with E-state index < -0.39 is 0 Å². The number of ketones is 1. The summed E-state index contributed by atoms with van der Waals surface area (Å²) >= 11 is 0. The largest absolute Gasteiger partial charge is 0.507 e. The summed E-state index contributed by atoms with van der Waals surface area (Å²) in [4.78, 5) is 12.7. The molecule has 0 radical (unpaired) electrons. The van der Waals surface area contributed by atoms with Crippen LogP contribution in [0.1, 0.15) is 44.4 Å². The standard InChI is InChI=1S/C25H29NO4/c1-5-29-23-12-18-16-25(3,4)26-21(20(18)15-24(23)30-6-2)13-19(27)14-22(28)17-10-8-7-9-11-17/h7-15,26,28H,5-6,16H2,1-4H3/b21-13-,22-14-. The van der Waals surface area contributed by atoms with Crippen LogP contribution in [0.4, 0.5) is 0 Å². The summed E-state index contributed by atoms with van der Waals surface area (Å²) in [5, 5.41) is 13.7. The first-order chi connectivity index (χ1) is 14.3. The highest BCUT2D eigenvalue weighted by atomic mass is 16.5. The van der Waals surface area contributed by atoms with Gasteiger partial charge in [-0.25, -0.2) is 0 Å². The van der Waals surface area contributed by atoms with Gasteiger partial charge in [0.15, 0.2) is 17.3 Å². The molecule has 5 heteroatoms. The van der Waals surface area contributed by atoms with Crippen LogP contribution in [-0.4, -0.2) is 29.6 Å². The van der Waals surface area contributed by atoms with Crippen LogP contribution in [0.5, 0.6) is 11.5 Å². The normalized spacial score (nSPS) is 16.5. The zero-order chi connectivity index (χ0) is 21.7. The summed E-state index contributed by atoms with van der Waals surface area (Å²) in [6, 6.07) is 12.9. The number of fused-ring (bicyclic) bond motifs is 1. The Hall–Kier alpha value is -3.21. The quantitative estimate of drug-likeness (QED) is 0.504. The lowest BCUT2D eigenvalue weighted by Crippen LogP contribution is -2.43. The first kappa shape index (κ1) is 21.5. The smallest absolute Gasteiger partial charge is 0.184 e. The highest BCUT2D eigenvalue weighted by molar-refractivity contribution is 6.07. The van der Waals surface area contributed by atoms with Crippen molar-refractivity contribution in [3.63, 3.8) is 0 Å². The van der Waals surface area contributed by atoms with Gasteiger partial charge in [0.2, 0.25) is 0 Å². The highest BCUT2D eigenvalue weighted by Gasteiger charge is 2.29. The summed E-state index contributed by atoms with van der Waals surface area (Å²) in [5.74, 6) is 1.01. The highest BCUT2D eigenvalue weighted by Crippen LogP contribution is 2.38. The van der Waals surface area contributed by atoms with Gasteiger partial charge in [0.05, 0.1) is 13.2 Å². The fourth-order valence-electron chi connectivity index (χ4n) is 3.61. The van der Waals surface area contributed by atoms with E-state index in [4.69, 9.17) is 9.47 Å². The average Bonchev–Trinajstić information content (AvgIpc) is 2.69. The second-order valence-electron chi connectivity index (χ2n) is 7.86. The van der Waals surface area contributed by atoms with E-state index in [1.807, 2.05) is 44.2 Å². The number of carbonyl (C=O) groups is 1. The van der Waals surface area contributed by atoms with Crippen molar-refractivity contribution in [1.29, 1.82) is 0 Å². The molecule has 2 aromatic carbocycles. The Balaban J connectivity index is 2.01. The molecule has 0 spiro atoms. The molecule has 1 heterocycles. The van der Waals surface area contributed by atoms with Crippen LogP contribution in [-0.2, 0) is 11.2 Å². The van der Waals surface area contributed by atoms with E-state index in [-0.39, 0.29) is 17.1 Å². The van der Waals surface area contributed by atoms with Gasteiger partial charge < -0.3 is 19.9 Å². The van der Waals surface area contributed by atoms with Gasteiger partial charge in [0, 0.05) is 34.5 Å². The Morgan fingerprint density at radius 2 is 1.73 bits per heavy atom. The number of aliphatic hydroxyl groups excluding tert-OH is 1. The van der Waals surface area contributed by atoms with Crippen LogP contribution in [0.3, 0.4) is 0 Å². The lowest BCUT2D eigenvalue weighted by Gasteiger charge is -2.36. The monoisotopic (exact) mass is 407 g/mol. The Labute approximate surface area is 178 Å². The van der Waals surface area contributed by atoms with Crippen LogP contribution in [0.15, 0.2) is 54.6 Å². The van der Waals surface area contributed by atoms with Crippen LogP contribution < -0.4 is 14.8 Å². The van der Waals surface area contributed by atoms with Crippen molar-refractivity contribution in [3.05, 3.63) is 71.3 Å². The molecule has 0 aromatic heterocycles. The molecule has 0 atom stereocenters. The van der Waals surface area contributed by atoms with E-state index in [9.17, 15) is 9.90 Å². The Morgan fingerprint density at radius 1 is 1.10 bits per heavy atom. The van der Waals surface area contributed by atoms with E-state index in [2.05, 4.69) is 19.2 Å². The number of rotatable bonds is 7. The molecule has 2 aromatic rings. The lowest BCUT2D eigenvalue weighted by atomic mass is 9.85. The number of nitrogens with one attached hydrogen (secondary N) is 1. The maximum atomic E-state index is 12.7. The SMILES string of the molecule is CCOc1cc2c(cc1OCC)/C(=C/C(=O)/C=C(\O)c1ccccc1)NC(C)(C)C2. The van der Waals surface area contributed by atoms with Gasteiger partial charge >= 0.3 is 0 Å². The maximum Gasteiger partial charge on any atom is 0.184 e. The van der Waals surface area contributed by atoms with E-state index in [0.29, 0.717) is 36.0 Å². The number of carbonyl (C=O) groups excluding carboxylic acids is 1. The van der Waals surface area contributed by atoms with E-state index >= 15 is 0 Å². The molecular formula is C25H29NO4. The van der Waals surface area contributed by atoms with Gasteiger partial charge in [-0.05, 0) is 51.8 Å². The molecule has 0 unspecified atom stereocenters. The molecule has 1 aliphatic rings. The molecule has 0 fully saturated rings. The number of benzene rings is 2. The zero-order valence-corrected chi connectivity index (χ0v) is 18.0. The van der Waals surface area contributed by atoms with Crippen LogP contribution >= 0.6 is 0 Å². The molecule has 2 N–H and O–H groups in total. The van der Waals surface area contributed by atoms with Gasteiger partial charge in [0.25, 0.3) is 0 Å². The first-order valence-electron chi connectivity index (χ1n) is 10.3. The second kappa shape index (κ2) is 9.08. The predicted molar refractivity (Wildman–Crippen MR) is 120 cm³/mol. The molecule has 0 saturated carbocycles. The molecule has 0 amide bonds. The van der Waals surface area contributed by atoms with E-state index in [1.54, 1.807) is 12.1 Å². The van der Waals surface area contributed by atoms with Crippen molar-refractivity contribution < 1.29 is 19.4 Å².